The van der Waals surface area contributed by atoms with Crippen LogP contribution in [0.15, 0.2) is 48.8 Å². The number of anilines is 1. The summed E-state index contributed by atoms with van der Waals surface area (Å²) in [5.74, 6) is 2.57. The van der Waals surface area contributed by atoms with Crippen molar-refractivity contribution in [3.8, 4) is 5.75 Å². The van der Waals surface area contributed by atoms with Crippen molar-refractivity contribution in [3.05, 3.63) is 48.8 Å². The van der Waals surface area contributed by atoms with Gasteiger partial charge in [-0.25, -0.2) is 9.97 Å². The number of hydrogen-bond donors (Lipinski definition) is 0. The third kappa shape index (κ3) is 4.10. The van der Waals surface area contributed by atoms with Crippen molar-refractivity contribution < 1.29 is 4.74 Å². The number of ether oxygens (including phenoxy) is 1. The quantitative estimate of drug-likeness (QED) is 0.758. The van der Waals surface area contributed by atoms with Crippen LogP contribution in [0.25, 0.3) is 0 Å². The van der Waals surface area contributed by atoms with Crippen molar-refractivity contribution >= 4 is 5.95 Å². The van der Waals surface area contributed by atoms with Gasteiger partial charge in [0.05, 0.1) is 6.61 Å². The third-order valence-electron chi connectivity index (χ3n) is 5.26. The monoisotopic (exact) mass is 338 g/mol. The summed E-state index contributed by atoms with van der Waals surface area (Å²) in [7, 11) is 0. The molecule has 2 bridgehead atoms. The standard InChI is InChI=1S/C20H26N4O/c1-2-6-19(7-3-1)25-13-5-12-23-14-17-8-9-18(23)16-24(15-17)20-21-10-4-11-22-20/h1-4,6-7,10-11,17-18H,5,8-9,12-16H2/t17-,18-/m0/s1. The van der Waals surface area contributed by atoms with E-state index in [1.807, 2.05) is 48.8 Å². The van der Waals surface area contributed by atoms with Gasteiger partial charge in [-0.1, -0.05) is 18.2 Å². The average Bonchev–Trinajstić information content (AvgIpc) is 2.99. The number of piperidine rings is 1. The molecule has 0 N–H and O–H groups in total. The molecule has 5 nitrogen and oxygen atoms in total. The Kier molecular flexibility index (Phi) is 5.11. The second-order valence-electron chi connectivity index (χ2n) is 7.06. The maximum atomic E-state index is 5.84. The maximum Gasteiger partial charge on any atom is 0.225 e. The van der Waals surface area contributed by atoms with Crippen LogP contribution in [0, 0.1) is 5.92 Å². The molecule has 3 aliphatic rings. The fraction of sp³-hybridized carbons (Fsp3) is 0.500. The minimum absolute atomic E-state index is 0.610. The molecule has 0 spiro atoms. The smallest absolute Gasteiger partial charge is 0.225 e. The van der Waals surface area contributed by atoms with Gasteiger partial charge >= 0.3 is 0 Å². The number of aromatic nitrogens is 2. The van der Waals surface area contributed by atoms with E-state index in [2.05, 4.69) is 19.8 Å². The van der Waals surface area contributed by atoms with E-state index in [9.17, 15) is 0 Å². The van der Waals surface area contributed by atoms with Gasteiger partial charge < -0.3 is 9.64 Å². The Bertz CT molecular complexity index is 651. The van der Waals surface area contributed by atoms with Crippen molar-refractivity contribution in [3.63, 3.8) is 0 Å². The fourth-order valence-corrected chi connectivity index (χ4v) is 4.05. The molecule has 132 valence electrons. The first-order valence-electron chi connectivity index (χ1n) is 9.32. The zero-order valence-electron chi connectivity index (χ0n) is 14.6. The Hall–Kier alpha value is -2.14. The lowest BCUT2D eigenvalue weighted by Gasteiger charge is -2.35. The molecular formula is C20H26N4O. The zero-order valence-corrected chi connectivity index (χ0v) is 14.6. The van der Waals surface area contributed by atoms with Crippen molar-refractivity contribution in [2.45, 2.75) is 25.3 Å². The van der Waals surface area contributed by atoms with Crippen LogP contribution in [-0.2, 0) is 0 Å². The molecule has 5 heteroatoms. The van der Waals surface area contributed by atoms with E-state index < -0.39 is 0 Å². The van der Waals surface area contributed by atoms with Crippen LogP contribution in [0.3, 0.4) is 0 Å². The molecule has 0 amide bonds. The van der Waals surface area contributed by atoms with Crippen LogP contribution >= 0.6 is 0 Å². The topological polar surface area (TPSA) is 41.5 Å². The molecule has 2 atom stereocenters. The Morgan fingerprint density at radius 1 is 0.960 bits per heavy atom. The Morgan fingerprint density at radius 2 is 1.80 bits per heavy atom. The number of hydrogen-bond acceptors (Lipinski definition) is 5. The fourth-order valence-electron chi connectivity index (χ4n) is 4.05. The van der Waals surface area contributed by atoms with Crippen molar-refractivity contribution in [1.82, 2.24) is 14.9 Å². The first-order valence-corrected chi connectivity index (χ1v) is 9.32. The molecule has 4 heterocycles. The number of benzene rings is 1. The molecular weight excluding hydrogens is 312 g/mol. The summed E-state index contributed by atoms with van der Waals surface area (Å²) in [6.07, 6.45) is 7.36. The molecule has 5 rings (SSSR count). The lowest BCUT2D eigenvalue weighted by atomic mass is 9.95. The SMILES string of the molecule is c1ccc(OCCCN2C[C@@H]3CC[C@H]2CN(c2ncccn2)C3)cc1. The van der Waals surface area contributed by atoms with Gasteiger partial charge in [-0.05, 0) is 43.4 Å². The highest BCUT2D eigenvalue weighted by molar-refractivity contribution is 5.30. The van der Waals surface area contributed by atoms with Crippen LogP contribution in [0.5, 0.6) is 5.75 Å². The lowest BCUT2D eigenvalue weighted by molar-refractivity contribution is 0.125. The van der Waals surface area contributed by atoms with Gasteiger partial charge in [-0.2, -0.15) is 0 Å². The van der Waals surface area contributed by atoms with Gasteiger partial charge in [0, 0.05) is 44.6 Å². The molecule has 2 aromatic rings. The Balaban J connectivity index is 1.30. The number of rotatable bonds is 6. The van der Waals surface area contributed by atoms with E-state index in [0.29, 0.717) is 6.04 Å². The second kappa shape index (κ2) is 7.83. The molecule has 0 aliphatic carbocycles. The summed E-state index contributed by atoms with van der Waals surface area (Å²) in [6, 6.07) is 12.6. The van der Waals surface area contributed by atoms with Crippen LogP contribution in [0.1, 0.15) is 19.3 Å². The van der Waals surface area contributed by atoms with E-state index in [1.165, 1.54) is 19.4 Å². The molecule has 3 saturated heterocycles. The third-order valence-corrected chi connectivity index (χ3v) is 5.26. The van der Waals surface area contributed by atoms with Gasteiger partial charge in [0.2, 0.25) is 5.95 Å². The highest BCUT2D eigenvalue weighted by Gasteiger charge is 2.35. The molecule has 25 heavy (non-hydrogen) atoms. The molecule has 3 aliphatic heterocycles. The van der Waals surface area contributed by atoms with Gasteiger partial charge in [0.15, 0.2) is 0 Å². The van der Waals surface area contributed by atoms with Gasteiger partial charge in [0.1, 0.15) is 5.75 Å². The van der Waals surface area contributed by atoms with E-state index in [-0.39, 0.29) is 0 Å². The van der Waals surface area contributed by atoms with Crippen molar-refractivity contribution in [2.75, 3.05) is 37.7 Å². The maximum absolute atomic E-state index is 5.84. The largest absolute Gasteiger partial charge is 0.494 e. The predicted molar refractivity (Wildman–Crippen MR) is 98.9 cm³/mol. The van der Waals surface area contributed by atoms with Gasteiger partial charge in [-0.15, -0.1) is 0 Å². The van der Waals surface area contributed by atoms with Crippen LogP contribution in [0.4, 0.5) is 5.95 Å². The minimum Gasteiger partial charge on any atom is -0.494 e. The molecule has 0 radical (unpaired) electrons. The van der Waals surface area contributed by atoms with Crippen molar-refractivity contribution in [2.24, 2.45) is 5.92 Å². The second-order valence-corrected chi connectivity index (χ2v) is 7.06. The van der Waals surface area contributed by atoms with Crippen LogP contribution in [0.2, 0.25) is 0 Å². The van der Waals surface area contributed by atoms with Gasteiger partial charge in [-0.3, -0.25) is 4.90 Å². The lowest BCUT2D eigenvalue weighted by Crippen LogP contribution is -2.44. The summed E-state index contributed by atoms with van der Waals surface area (Å²) >= 11 is 0. The summed E-state index contributed by atoms with van der Waals surface area (Å²) in [5.41, 5.74) is 0. The van der Waals surface area contributed by atoms with E-state index in [0.717, 1.165) is 50.3 Å². The van der Waals surface area contributed by atoms with E-state index in [1.54, 1.807) is 0 Å². The zero-order chi connectivity index (χ0) is 16.9. The molecule has 3 fully saturated rings. The molecule has 1 aromatic carbocycles. The van der Waals surface area contributed by atoms with Crippen LogP contribution < -0.4 is 9.64 Å². The Morgan fingerprint density at radius 3 is 2.64 bits per heavy atom. The Labute approximate surface area is 149 Å². The normalized spacial score (nSPS) is 23.4. The van der Waals surface area contributed by atoms with E-state index >= 15 is 0 Å². The van der Waals surface area contributed by atoms with Crippen molar-refractivity contribution in [1.29, 1.82) is 0 Å². The average molecular weight is 338 g/mol. The van der Waals surface area contributed by atoms with Gasteiger partial charge in [0.25, 0.3) is 0 Å². The highest BCUT2D eigenvalue weighted by atomic mass is 16.5. The summed E-state index contributed by atoms with van der Waals surface area (Å²) in [6.45, 7) is 5.21. The summed E-state index contributed by atoms with van der Waals surface area (Å²) in [4.78, 5) is 13.9. The molecule has 0 saturated carbocycles. The van der Waals surface area contributed by atoms with Crippen LogP contribution in [-0.4, -0.2) is 53.7 Å². The van der Waals surface area contributed by atoms with E-state index in [4.69, 9.17) is 4.74 Å². The number of para-hydroxylation sites is 1. The summed E-state index contributed by atoms with van der Waals surface area (Å²) < 4.78 is 5.84. The minimum atomic E-state index is 0.610. The number of fused-ring (bicyclic) bond motifs is 4. The first-order chi connectivity index (χ1) is 12.4. The summed E-state index contributed by atoms with van der Waals surface area (Å²) in [5, 5.41) is 0. The highest BCUT2D eigenvalue weighted by Crippen LogP contribution is 2.29. The predicted octanol–water partition coefficient (Wildman–Crippen LogP) is 2.85. The molecule has 0 unspecified atom stereocenters. The molecule has 1 aromatic heterocycles. The first kappa shape index (κ1) is 16.3. The number of nitrogens with zero attached hydrogens (tertiary/aromatic N) is 4.